The van der Waals surface area contributed by atoms with Gasteiger partial charge in [0.1, 0.15) is 16.7 Å². The van der Waals surface area contributed by atoms with Crippen molar-refractivity contribution in [2.24, 2.45) is 0 Å². The van der Waals surface area contributed by atoms with Gasteiger partial charge in [0.05, 0.1) is 11.1 Å². The molecular weight excluding hydrogens is 721 g/mol. The molecule has 0 atom stereocenters. The Balaban J connectivity index is 1.02. The minimum Gasteiger partial charge on any atom is -0.456 e. The summed E-state index contributed by atoms with van der Waals surface area (Å²) in [7, 11) is 0. The van der Waals surface area contributed by atoms with E-state index in [0.717, 1.165) is 77.9 Å². The molecule has 0 unspecified atom stereocenters. The predicted molar refractivity (Wildman–Crippen MR) is 243 cm³/mol. The third kappa shape index (κ3) is 6.34. The van der Waals surface area contributed by atoms with Gasteiger partial charge in [-0.25, -0.2) is 4.98 Å². The molecule has 0 spiro atoms. The molecule has 11 aromatic rings. The van der Waals surface area contributed by atoms with E-state index in [1.807, 2.05) is 42.5 Å². The highest BCUT2D eigenvalue weighted by atomic mass is 16.4. The fourth-order valence-corrected chi connectivity index (χ4v) is 8.21. The van der Waals surface area contributed by atoms with Gasteiger partial charge in [0.25, 0.3) is 0 Å². The SMILES string of the molecule is c1ccc(-c2cccc(-c3ccc(N(c4ccccc4)c4ccc(-c5ccc6oc7ccc8nc(-c9ccccc9)oc8c7c6c5)cc4-c4ccccc4)cc3)c2)cc1. The van der Waals surface area contributed by atoms with Crippen molar-refractivity contribution in [2.75, 3.05) is 4.90 Å². The molecular formula is C55H36N2O2. The molecule has 2 heterocycles. The van der Waals surface area contributed by atoms with E-state index in [4.69, 9.17) is 13.8 Å². The molecule has 278 valence electrons. The smallest absolute Gasteiger partial charge is 0.227 e. The largest absolute Gasteiger partial charge is 0.456 e. The van der Waals surface area contributed by atoms with E-state index in [1.165, 1.54) is 22.3 Å². The van der Waals surface area contributed by atoms with Crippen LogP contribution in [0, 0.1) is 0 Å². The normalized spacial score (nSPS) is 11.4. The Hall–Kier alpha value is -7.95. The number of aromatic nitrogens is 1. The van der Waals surface area contributed by atoms with E-state index in [-0.39, 0.29) is 0 Å². The molecule has 0 N–H and O–H groups in total. The lowest BCUT2D eigenvalue weighted by Gasteiger charge is -2.28. The van der Waals surface area contributed by atoms with Crippen molar-refractivity contribution in [3.63, 3.8) is 0 Å². The molecule has 0 amide bonds. The minimum absolute atomic E-state index is 0.594. The highest BCUT2D eigenvalue weighted by molar-refractivity contribution is 6.17. The maximum absolute atomic E-state index is 6.46. The second-order valence-corrected chi connectivity index (χ2v) is 14.7. The van der Waals surface area contributed by atoms with Crippen LogP contribution in [0.3, 0.4) is 0 Å². The van der Waals surface area contributed by atoms with E-state index in [2.05, 4.69) is 181 Å². The van der Waals surface area contributed by atoms with Crippen molar-refractivity contribution < 1.29 is 8.83 Å². The fraction of sp³-hybridized carbons (Fsp3) is 0. The van der Waals surface area contributed by atoms with Crippen molar-refractivity contribution in [3.8, 4) is 56.0 Å². The average molecular weight is 757 g/mol. The van der Waals surface area contributed by atoms with Gasteiger partial charge in [-0.1, -0.05) is 140 Å². The minimum atomic E-state index is 0.594. The van der Waals surface area contributed by atoms with Gasteiger partial charge in [0.2, 0.25) is 5.89 Å². The summed E-state index contributed by atoms with van der Waals surface area (Å²) in [6.07, 6.45) is 0. The van der Waals surface area contributed by atoms with Crippen molar-refractivity contribution >= 4 is 50.1 Å². The highest BCUT2D eigenvalue weighted by Gasteiger charge is 2.20. The summed E-state index contributed by atoms with van der Waals surface area (Å²) in [5, 5.41) is 1.92. The van der Waals surface area contributed by atoms with Crippen LogP contribution < -0.4 is 4.90 Å². The van der Waals surface area contributed by atoms with Crippen molar-refractivity contribution in [2.45, 2.75) is 0 Å². The number of anilines is 3. The summed E-state index contributed by atoms with van der Waals surface area (Å²) in [4.78, 5) is 7.20. The Morgan fingerprint density at radius 3 is 1.59 bits per heavy atom. The number of para-hydroxylation sites is 1. The third-order valence-electron chi connectivity index (χ3n) is 11.1. The summed E-state index contributed by atoms with van der Waals surface area (Å²) in [5.41, 5.74) is 16.5. The van der Waals surface area contributed by atoms with Crippen LogP contribution in [0.1, 0.15) is 0 Å². The number of rotatable bonds is 8. The summed E-state index contributed by atoms with van der Waals surface area (Å²) in [6.45, 7) is 0. The Kier molecular flexibility index (Phi) is 8.45. The van der Waals surface area contributed by atoms with Gasteiger partial charge >= 0.3 is 0 Å². The standard InChI is InChI=1S/C55H36N2O2/c1-5-14-37(15-6-1)41-20-13-21-42(34-41)38-24-28-46(29-25-38)57(45-22-11-4-12-23-45)50-31-26-43(35-47(50)39-16-7-2-8-17-39)44-27-32-51-48(36-44)53-52(58-51)33-30-49-54(53)59-55(56-49)40-18-9-3-10-19-40/h1-36H. The highest BCUT2D eigenvalue weighted by Crippen LogP contribution is 2.44. The number of oxazole rings is 1. The molecule has 2 aromatic heterocycles. The molecule has 0 fully saturated rings. The number of furan rings is 1. The molecule has 0 radical (unpaired) electrons. The first kappa shape index (κ1) is 34.3. The number of nitrogens with zero attached hydrogens (tertiary/aromatic N) is 2. The molecule has 0 bridgehead atoms. The number of benzene rings is 9. The summed E-state index contributed by atoms with van der Waals surface area (Å²) >= 11 is 0. The van der Waals surface area contributed by atoms with E-state index in [1.54, 1.807) is 0 Å². The first-order chi connectivity index (χ1) is 29.2. The molecule has 0 saturated heterocycles. The molecule has 0 aliphatic rings. The third-order valence-corrected chi connectivity index (χ3v) is 11.1. The van der Waals surface area contributed by atoms with Gasteiger partial charge in [-0.2, -0.15) is 0 Å². The maximum atomic E-state index is 6.46. The van der Waals surface area contributed by atoms with Crippen LogP contribution in [0.5, 0.6) is 0 Å². The van der Waals surface area contributed by atoms with E-state index in [0.29, 0.717) is 5.89 Å². The fourth-order valence-electron chi connectivity index (χ4n) is 8.21. The summed E-state index contributed by atoms with van der Waals surface area (Å²) in [6, 6.07) is 76.7. The maximum Gasteiger partial charge on any atom is 0.227 e. The average Bonchev–Trinajstić information content (AvgIpc) is 3.92. The van der Waals surface area contributed by atoms with Gasteiger partial charge in [-0.3, -0.25) is 0 Å². The lowest BCUT2D eigenvalue weighted by molar-refractivity contribution is 0.622. The Morgan fingerprint density at radius 1 is 0.356 bits per heavy atom. The zero-order valence-electron chi connectivity index (χ0n) is 32.0. The van der Waals surface area contributed by atoms with E-state index in [9.17, 15) is 0 Å². The zero-order chi connectivity index (χ0) is 39.1. The van der Waals surface area contributed by atoms with Crippen LogP contribution in [0.4, 0.5) is 17.1 Å². The van der Waals surface area contributed by atoms with Crippen LogP contribution in [0.15, 0.2) is 227 Å². The topological polar surface area (TPSA) is 42.4 Å². The van der Waals surface area contributed by atoms with Crippen LogP contribution in [0.25, 0.3) is 89.0 Å². The molecule has 9 aromatic carbocycles. The number of fused-ring (bicyclic) bond motifs is 5. The Bertz CT molecular complexity index is 3240. The lowest BCUT2D eigenvalue weighted by Crippen LogP contribution is -2.11. The molecule has 11 rings (SSSR count). The van der Waals surface area contributed by atoms with Gasteiger partial charge in [-0.05, 0) is 118 Å². The number of hydrogen-bond acceptors (Lipinski definition) is 4. The van der Waals surface area contributed by atoms with Gasteiger partial charge in [0, 0.05) is 27.9 Å². The molecule has 59 heavy (non-hydrogen) atoms. The monoisotopic (exact) mass is 756 g/mol. The molecule has 0 saturated carbocycles. The van der Waals surface area contributed by atoms with Gasteiger partial charge in [0.15, 0.2) is 5.58 Å². The summed E-state index contributed by atoms with van der Waals surface area (Å²) < 4.78 is 12.8. The predicted octanol–water partition coefficient (Wildman–Crippen LogP) is 15.5. The van der Waals surface area contributed by atoms with Crippen LogP contribution in [-0.2, 0) is 0 Å². The van der Waals surface area contributed by atoms with Crippen molar-refractivity contribution in [3.05, 3.63) is 218 Å². The first-order valence-corrected chi connectivity index (χ1v) is 19.9. The molecule has 4 nitrogen and oxygen atoms in total. The van der Waals surface area contributed by atoms with Crippen LogP contribution >= 0.6 is 0 Å². The summed E-state index contributed by atoms with van der Waals surface area (Å²) in [5.74, 6) is 0.594. The second-order valence-electron chi connectivity index (χ2n) is 14.7. The van der Waals surface area contributed by atoms with E-state index >= 15 is 0 Å². The van der Waals surface area contributed by atoms with Gasteiger partial charge < -0.3 is 13.7 Å². The molecule has 0 aliphatic heterocycles. The van der Waals surface area contributed by atoms with Gasteiger partial charge in [-0.15, -0.1) is 0 Å². The molecule has 0 aliphatic carbocycles. The zero-order valence-corrected chi connectivity index (χ0v) is 32.0. The number of hydrogen-bond donors (Lipinski definition) is 0. The second kappa shape index (κ2) is 14.5. The van der Waals surface area contributed by atoms with Crippen LogP contribution in [-0.4, -0.2) is 4.98 Å². The quantitative estimate of drug-likeness (QED) is 0.155. The lowest BCUT2D eigenvalue weighted by atomic mass is 9.95. The Labute approximate surface area is 341 Å². The molecule has 4 heteroatoms. The van der Waals surface area contributed by atoms with Crippen LogP contribution in [0.2, 0.25) is 0 Å². The first-order valence-electron chi connectivity index (χ1n) is 19.9. The van der Waals surface area contributed by atoms with E-state index < -0.39 is 0 Å². The Morgan fingerprint density at radius 2 is 0.881 bits per heavy atom. The van der Waals surface area contributed by atoms with Crippen molar-refractivity contribution in [1.82, 2.24) is 4.98 Å². The van der Waals surface area contributed by atoms with Crippen molar-refractivity contribution in [1.29, 1.82) is 0 Å².